The number of hydrogen-bond donors (Lipinski definition) is 0. The smallest absolute Gasteiger partial charge is 0.306 e. The van der Waals surface area contributed by atoms with E-state index in [1.54, 1.807) is 6.08 Å². The van der Waals surface area contributed by atoms with E-state index in [2.05, 4.69) is 11.3 Å². The van der Waals surface area contributed by atoms with E-state index in [-0.39, 0.29) is 0 Å². The largest absolute Gasteiger partial charge is 0.522 e. The van der Waals surface area contributed by atoms with Crippen LogP contribution in [0.5, 0.6) is 0 Å². The zero-order valence-corrected chi connectivity index (χ0v) is 13.5. The van der Waals surface area contributed by atoms with Gasteiger partial charge in [0.25, 0.3) is 0 Å². The molecule has 1 aliphatic heterocycles. The van der Waals surface area contributed by atoms with Crippen molar-refractivity contribution in [3.63, 3.8) is 0 Å². The zero-order chi connectivity index (χ0) is 16.7. The van der Waals surface area contributed by atoms with Gasteiger partial charge >= 0.3 is 6.36 Å². The molecule has 0 saturated carbocycles. The molecule has 1 rings (SSSR count). The lowest BCUT2D eigenvalue weighted by Gasteiger charge is -2.29. The van der Waals surface area contributed by atoms with Crippen molar-refractivity contribution in [3.05, 3.63) is 37.0 Å². The van der Waals surface area contributed by atoms with E-state index in [9.17, 15) is 13.2 Å². The molecule has 1 saturated heterocycles. The third-order valence-corrected chi connectivity index (χ3v) is 2.52. The molecule has 0 bridgehead atoms. The second-order valence-corrected chi connectivity index (χ2v) is 4.21. The molecule has 1 heterocycles. The second kappa shape index (κ2) is 13.9. The first-order valence-electron chi connectivity index (χ1n) is 7.22. The molecule has 1 fully saturated rings. The maximum absolute atomic E-state index is 11.7. The van der Waals surface area contributed by atoms with Gasteiger partial charge in [-0.15, -0.1) is 13.2 Å². The van der Waals surface area contributed by atoms with E-state index < -0.39 is 12.5 Å². The fourth-order valence-electron chi connectivity index (χ4n) is 1.55. The van der Waals surface area contributed by atoms with Crippen molar-refractivity contribution in [2.75, 3.05) is 20.1 Å². The molecule has 0 N–H and O–H groups in total. The minimum atomic E-state index is -4.47. The van der Waals surface area contributed by atoms with Crippen LogP contribution in [-0.2, 0) is 4.74 Å². The average Bonchev–Trinajstić information content (AvgIpc) is 2.44. The lowest BCUT2D eigenvalue weighted by atomic mass is 10.1. The first-order valence-corrected chi connectivity index (χ1v) is 7.22. The Balaban J connectivity index is 0. The summed E-state index contributed by atoms with van der Waals surface area (Å²) in [5.41, 5.74) is 0. The first-order chi connectivity index (χ1) is 9.89. The number of halogens is 3. The average molecular weight is 307 g/mol. The first kappa shape index (κ1) is 22.2. The van der Waals surface area contributed by atoms with Gasteiger partial charge in [-0.25, -0.2) is 0 Å². The number of rotatable bonds is 3. The molecular weight excluding hydrogens is 279 g/mol. The summed E-state index contributed by atoms with van der Waals surface area (Å²) in [5.74, 6) is 0. The van der Waals surface area contributed by atoms with E-state index in [1.165, 1.54) is 0 Å². The molecule has 5 heteroatoms. The van der Waals surface area contributed by atoms with Crippen molar-refractivity contribution in [2.24, 2.45) is 0 Å². The number of piperidine rings is 1. The Labute approximate surface area is 127 Å². The predicted molar refractivity (Wildman–Crippen MR) is 83.2 cm³/mol. The topological polar surface area (TPSA) is 12.5 Å². The second-order valence-electron chi connectivity index (χ2n) is 4.21. The van der Waals surface area contributed by atoms with Gasteiger partial charge in [0.05, 0.1) is 6.10 Å². The van der Waals surface area contributed by atoms with E-state index >= 15 is 0 Å². The van der Waals surface area contributed by atoms with Crippen LogP contribution in [0.1, 0.15) is 33.6 Å². The highest BCUT2D eigenvalue weighted by Gasteiger charge is 2.34. The van der Waals surface area contributed by atoms with Gasteiger partial charge in [0.2, 0.25) is 0 Å². The van der Waals surface area contributed by atoms with Crippen LogP contribution in [0.15, 0.2) is 37.0 Å². The molecule has 0 aromatic heterocycles. The van der Waals surface area contributed by atoms with Gasteiger partial charge < -0.3 is 4.90 Å². The van der Waals surface area contributed by atoms with E-state index in [0.29, 0.717) is 25.9 Å². The third kappa shape index (κ3) is 16.9. The van der Waals surface area contributed by atoms with E-state index in [4.69, 9.17) is 0 Å². The Hall–Kier alpha value is -1.07. The third-order valence-electron chi connectivity index (χ3n) is 2.52. The number of hydrogen-bond acceptors (Lipinski definition) is 2. The Bertz CT molecular complexity index is 290. The number of alkyl halides is 3. The van der Waals surface area contributed by atoms with E-state index in [0.717, 1.165) is 0 Å². The number of allylic oxidation sites excluding steroid dienone is 5. The van der Waals surface area contributed by atoms with Crippen LogP contribution in [0.4, 0.5) is 13.2 Å². The highest BCUT2D eigenvalue weighted by Crippen LogP contribution is 2.23. The van der Waals surface area contributed by atoms with Crippen LogP contribution in [0, 0.1) is 0 Å². The Morgan fingerprint density at radius 3 is 2.00 bits per heavy atom. The molecule has 0 aromatic carbocycles. The predicted octanol–water partition coefficient (Wildman–Crippen LogP) is 4.95. The van der Waals surface area contributed by atoms with Crippen molar-refractivity contribution in [1.29, 1.82) is 0 Å². The van der Waals surface area contributed by atoms with Crippen LogP contribution in [0.3, 0.4) is 0 Å². The number of nitrogens with zero attached hydrogens (tertiary/aromatic N) is 1. The Morgan fingerprint density at radius 2 is 1.62 bits per heavy atom. The summed E-state index contributed by atoms with van der Waals surface area (Å²) in [6.45, 7) is 10.9. The highest BCUT2D eigenvalue weighted by atomic mass is 19.4. The van der Waals surface area contributed by atoms with Crippen LogP contribution >= 0.6 is 0 Å². The monoisotopic (exact) mass is 307 g/mol. The minimum absolute atomic E-state index is 0.468. The van der Waals surface area contributed by atoms with Gasteiger partial charge in [-0.3, -0.25) is 4.74 Å². The van der Waals surface area contributed by atoms with Crippen molar-refractivity contribution in [1.82, 2.24) is 4.90 Å². The normalized spacial score (nSPS) is 17.1. The van der Waals surface area contributed by atoms with Gasteiger partial charge in [0, 0.05) is 13.1 Å². The van der Waals surface area contributed by atoms with Gasteiger partial charge in [-0.2, -0.15) is 0 Å². The molecule has 0 amide bonds. The van der Waals surface area contributed by atoms with Gasteiger partial charge in [0.15, 0.2) is 0 Å². The van der Waals surface area contributed by atoms with Crippen molar-refractivity contribution < 1.29 is 17.9 Å². The molecule has 1 aliphatic rings. The van der Waals surface area contributed by atoms with Crippen LogP contribution in [0.25, 0.3) is 0 Å². The van der Waals surface area contributed by atoms with Crippen molar-refractivity contribution >= 4 is 0 Å². The summed E-state index contributed by atoms with van der Waals surface area (Å²) in [4.78, 5) is 2.00. The van der Waals surface area contributed by atoms with Crippen molar-refractivity contribution in [2.45, 2.75) is 46.1 Å². The summed E-state index contributed by atoms with van der Waals surface area (Å²) in [6, 6.07) is 0. The quantitative estimate of drug-likeness (QED) is 0.684. The van der Waals surface area contributed by atoms with Crippen molar-refractivity contribution in [3.8, 4) is 0 Å². The van der Waals surface area contributed by atoms with Crippen LogP contribution in [0.2, 0.25) is 0 Å². The molecule has 0 unspecified atom stereocenters. The van der Waals surface area contributed by atoms with Crippen LogP contribution in [-0.4, -0.2) is 37.5 Å². The fourth-order valence-corrected chi connectivity index (χ4v) is 1.55. The molecular formula is C16H28F3NO. The Kier molecular flexibility index (Phi) is 14.7. The molecule has 0 aromatic rings. The maximum atomic E-state index is 11.7. The Morgan fingerprint density at radius 1 is 1.10 bits per heavy atom. The van der Waals surface area contributed by atoms with Gasteiger partial charge in [-0.1, -0.05) is 50.8 Å². The summed E-state index contributed by atoms with van der Waals surface area (Å²) in [5, 5.41) is 0. The fraction of sp³-hybridized carbons (Fsp3) is 0.625. The van der Waals surface area contributed by atoms with Gasteiger partial charge in [-0.05, 0) is 26.8 Å². The summed E-state index contributed by atoms with van der Waals surface area (Å²) >= 11 is 0. The summed E-state index contributed by atoms with van der Waals surface area (Å²) < 4.78 is 39.0. The molecule has 0 aliphatic carbocycles. The molecule has 0 spiro atoms. The maximum Gasteiger partial charge on any atom is 0.522 e. The van der Waals surface area contributed by atoms with Crippen LogP contribution < -0.4 is 0 Å². The minimum Gasteiger partial charge on any atom is -0.306 e. The summed E-state index contributed by atoms with van der Waals surface area (Å²) in [7, 11) is 1.89. The zero-order valence-electron chi connectivity index (χ0n) is 13.5. The summed E-state index contributed by atoms with van der Waals surface area (Å²) in [6.07, 6.45) is 5.34. The molecule has 0 radical (unpaired) electrons. The highest BCUT2D eigenvalue weighted by molar-refractivity contribution is 5.07. The lowest BCUT2D eigenvalue weighted by molar-refractivity contribution is -0.345. The molecule has 124 valence electrons. The molecule has 0 atom stereocenters. The number of ether oxygens (including phenoxy) is 1. The molecule has 21 heavy (non-hydrogen) atoms. The SMILES string of the molecule is C=C/C=C\C=C/C.CC.CN1CCC(OC(F)(F)F)CC1. The standard InChI is InChI=1S/C7H12F3NO.C7H10.C2H6/c1-11-4-2-6(3-5-11)12-7(8,9)10;1-3-5-7-6-4-2;1-2/h6H,2-5H2,1H3;3-7H,1H2,2H3;1-2H3/b;6-4-,7-5-;. The van der Waals surface area contributed by atoms with E-state index in [1.807, 2.05) is 57.0 Å². The molecule has 2 nitrogen and oxygen atoms in total. The number of likely N-dealkylation sites (tertiary alicyclic amines) is 1. The van der Waals surface area contributed by atoms with Gasteiger partial charge in [0.1, 0.15) is 0 Å². The lowest BCUT2D eigenvalue weighted by Crippen LogP contribution is -2.36.